The number of aryl methyl sites for hydroxylation is 1. The zero-order chi connectivity index (χ0) is 36.9. The Hall–Kier alpha value is -3.92. The van der Waals surface area contributed by atoms with E-state index < -0.39 is 35.6 Å². The zero-order valence-electron chi connectivity index (χ0n) is 28.8. The molecule has 3 aromatic rings. The molecule has 16 heteroatoms. The maximum atomic E-state index is 13.8. The van der Waals surface area contributed by atoms with Crippen molar-refractivity contribution in [3.8, 4) is 11.1 Å². The van der Waals surface area contributed by atoms with Crippen LogP contribution in [-0.4, -0.2) is 73.5 Å². The van der Waals surface area contributed by atoms with Crippen molar-refractivity contribution in [2.45, 2.75) is 108 Å². The second-order valence-electron chi connectivity index (χ2n) is 13.4. The molecule has 0 spiro atoms. The molecular weight excluding hydrogens is 682 g/mol. The second kappa shape index (κ2) is 16.2. The Bertz CT molecular complexity index is 1550. The van der Waals surface area contributed by atoms with E-state index in [4.69, 9.17) is 14.6 Å². The molecular formula is C35H44F6N6O4. The number of hydrogen-bond acceptors (Lipinski definition) is 8. The van der Waals surface area contributed by atoms with Crippen LogP contribution in [0.15, 0.2) is 43.0 Å². The number of alkyl halides is 6. The molecule has 1 aromatic carbocycles. The maximum absolute atomic E-state index is 13.8. The first-order valence-corrected chi connectivity index (χ1v) is 17.2. The Morgan fingerprint density at radius 1 is 0.902 bits per heavy atom. The van der Waals surface area contributed by atoms with Crippen molar-refractivity contribution in [3.05, 3.63) is 59.7 Å². The third-order valence-corrected chi connectivity index (χ3v) is 9.91. The highest BCUT2D eigenvalue weighted by atomic mass is 19.4. The number of aliphatic hydroxyl groups is 1. The lowest BCUT2D eigenvalue weighted by Gasteiger charge is -2.47. The topological polar surface area (TPSA) is 106 Å². The van der Waals surface area contributed by atoms with Gasteiger partial charge in [0.1, 0.15) is 12.9 Å². The van der Waals surface area contributed by atoms with E-state index in [1.54, 1.807) is 46.3 Å². The van der Waals surface area contributed by atoms with Gasteiger partial charge in [-0.25, -0.2) is 14.8 Å². The molecule has 0 bridgehead atoms. The van der Waals surface area contributed by atoms with Crippen molar-refractivity contribution in [1.82, 2.24) is 24.6 Å². The molecule has 3 heterocycles. The lowest BCUT2D eigenvalue weighted by atomic mass is 9.87. The molecule has 3 atom stereocenters. The summed E-state index contributed by atoms with van der Waals surface area (Å²) in [7, 11) is 1.75. The first-order valence-electron chi connectivity index (χ1n) is 17.2. The number of carbonyl (C=O) groups excluding carboxylic acids is 1. The van der Waals surface area contributed by atoms with E-state index in [1.807, 2.05) is 13.8 Å². The van der Waals surface area contributed by atoms with Gasteiger partial charge in [0, 0.05) is 61.4 Å². The Morgan fingerprint density at radius 2 is 1.49 bits per heavy atom. The van der Waals surface area contributed by atoms with Gasteiger partial charge in [-0.3, -0.25) is 4.68 Å². The zero-order valence-corrected chi connectivity index (χ0v) is 28.8. The molecule has 1 saturated heterocycles. The SMILES string of the molecule is CC[C@@H]1C[C@H](N(Cc2cc(C(F)(F)F)cc(C(F)(F)F)c2)c2ncc(-c3cnn(C)c3)cn2)C[C@H](CC)N1C(=O)O[C@H]1CC[C@H](COCO)CC1. The van der Waals surface area contributed by atoms with Gasteiger partial charge in [0.15, 0.2) is 0 Å². The van der Waals surface area contributed by atoms with Gasteiger partial charge in [-0.15, -0.1) is 0 Å². The first kappa shape index (κ1) is 38.3. The number of amides is 1. The maximum Gasteiger partial charge on any atom is 0.416 e. The van der Waals surface area contributed by atoms with Crippen LogP contribution in [0.2, 0.25) is 0 Å². The van der Waals surface area contributed by atoms with Crippen LogP contribution < -0.4 is 4.90 Å². The van der Waals surface area contributed by atoms with Crippen LogP contribution in [0.25, 0.3) is 11.1 Å². The van der Waals surface area contributed by atoms with Gasteiger partial charge >= 0.3 is 18.4 Å². The van der Waals surface area contributed by atoms with E-state index in [9.17, 15) is 31.1 Å². The second-order valence-corrected chi connectivity index (χ2v) is 13.4. The van der Waals surface area contributed by atoms with Crippen molar-refractivity contribution in [2.75, 3.05) is 18.3 Å². The molecule has 1 saturated carbocycles. The molecule has 10 nitrogen and oxygen atoms in total. The van der Waals surface area contributed by atoms with Gasteiger partial charge < -0.3 is 24.4 Å². The van der Waals surface area contributed by atoms with Crippen LogP contribution >= 0.6 is 0 Å². The Balaban J connectivity index is 1.43. The average molecular weight is 727 g/mol. The first-order chi connectivity index (χ1) is 24.2. The normalized spacial score (nSPS) is 22.9. The number of aliphatic hydroxyl groups excluding tert-OH is 1. The van der Waals surface area contributed by atoms with Crippen molar-refractivity contribution >= 4 is 12.0 Å². The largest absolute Gasteiger partial charge is 0.446 e. The van der Waals surface area contributed by atoms with Crippen LogP contribution in [0.1, 0.15) is 81.9 Å². The lowest BCUT2D eigenvalue weighted by molar-refractivity contribution is -0.143. The molecule has 0 unspecified atom stereocenters. The summed E-state index contributed by atoms with van der Waals surface area (Å²) in [5, 5.41) is 13.1. The fraction of sp³-hybridized carbons (Fsp3) is 0.600. The van der Waals surface area contributed by atoms with Crippen LogP contribution in [0.5, 0.6) is 0 Å². The predicted octanol–water partition coefficient (Wildman–Crippen LogP) is 7.60. The summed E-state index contributed by atoms with van der Waals surface area (Å²) in [6, 6.07) is 0.516. The van der Waals surface area contributed by atoms with Gasteiger partial charge in [-0.05, 0) is 81.0 Å². The number of piperidine rings is 1. The smallest absolute Gasteiger partial charge is 0.416 e. The number of nitrogens with zero attached hydrogens (tertiary/aromatic N) is 6. The molecule has 5 rings (SSSR count). The van der Waals surface area contributed by atoms with Crippen molar-refractivity contribution in [3.63, 3.8) is 0 Å². The number of halogens is 6. The van der Waals surface area contributed by atoms with E-state index >= 15 is 0 Å². The van der Waals surface area contributed by atoms with Crippen LogP contribution in [0, 0.1) is 5.92 Å². The van der Waals surface area contributed by atoms with Crippen LogP contribution in [-0.2, 0) is 35.4 Å². The summed E-state index contributed by atoms with van der Waals surface area (Å²) in [5.41, 5.74) is -1.62. The summed E-state index contributed by atoms with van der Waals surface area (Å²) in [5.74, 6) is 0.423. The van der Waals surface area contributed by atoms with Gasteiger partial charge in [-0.2, -0.15) is 31.4 Å². The van der Waals surface area contributed by atoms with Crippen LogP contribution in [0.4, 0.5) is 37.1 Å². The molecule has 2 fully saturated rings. The molecule has 1 N–H and O–H groups in total. The number of anilines is 1. The third kappa shape index (κ3) is 9.50. The average Bonchev–Trinajstić information content (AvgIpc) is 3.54. The summed E-state index contributed by atoms with van der Waals surface area (Å²) in [6.45, 7) is 3.64. The monoisotopic (exact) mass is 726 g/mol. The fourth-order valence-corrected chi connectivity index (χ4v) is 7.23. The number of likely N-dealkylation sites (tertiary alicyclic amines) is 1. The summed E-state index contributed by atoms with van der Waals surface area (Å²) >= 11 is 0. The van der Waals surface area contributed by atoms with Crippen molar-refractivity contribution in [2.24, 2.45) is 13.0 Å². The van der Waals surface area contributed by atoms with E-state index in [2.05, 4.69) is 15.1 Å². The Morgan fingerprint density at radius 3 is 1.98 bits per heavy atom. The molecule has 51 heavy (non-hydrogen) atoms. The molecule has 1 aliphatic carbocycles. The standard InChI is InChI=1S/C35H44F6N6O4/c1-4-28-13-30(14-29(5-2)47(28)33(49)51-31-8-6-22(7-9-31)20-50-21-48)46(32-42-15-24(16-43-32)25-17-44-45(3)19-25)18-23-10-26(34(36,37)38)12-27(11-23)35(39,40)41/h10-12,15-17,19,22,28-31,48H,4-9,13-14,18,20-21H2,1-3H3/t22-,28-,29+,30+,31-. The highest BCUT2D eigenvalue weighted by Crippen LogP contribution is 2.39. The minimum absolute atomic E-state index is 0.118. The van der Waals surface area contributed by atoms with E-state index in [-0.39, 0.29) is 55.0 Å². The van der Waals surface area contributed by atoms with Crippen LogP contribution in [0.3, 0.4) is 0 Å². The van der Waals surface area contributed by atoms with Gasteiger partial charge in [0.05, 0.1) is 23.9 Å². The molecule has 0 radical (unpaired) electrons. The summed E-state index contributed by atoms with van der Waals surface area (Å²) in [6.07, 6.45) is 0.566. The van der Waals surface area contributed by atoms with Crippen molar-refractivity contribution in [1.29, 1.82) is 0 Å². The van der Waals surface area contributed by atoms with Crippen molar-refractivity contribution < 1.29 is 45.7 Å². The Kier molecular flexibility index (Phi) is 12.2. The fourth-order valence-electron chi connectivity index (χ4n) is 7.23. The molecule has 280 valence electrons. The quantitative estimate of drug-likeness (QED) is 0.159. The summed E-state index contributed by atoms with van der Waals surface area (Å²) < 4.78 is 95.7. The van der Waals surface area contributed by atoms with Gasteiger partial charge in [-0.1, -0.05) is 13.8 Å². The van der Waals surface area contributed by atoms with Gasteiger partial charge in [0.25, 0.3) is 0 Å². The molecule has 2 aliphatic rings. The number of ether oxygens (including phenoxy) is 2. The van der Waals surface area contributed by atoms with Gasteiger partial charge in [0.2, 0.25) is 5.95 Å². The number of hydrogen-bond donors (Lipinski definition) is 1. The predicted molar refractivity (Wildman–Crippen MR) is 175 cm³/mol. The molecule has 1 aliphatic heterocycles. The highest BCUT2D eigenvalue weighted by Gasteiger charge is 2.42. The van der Waals surface area contributed by atoms with E-state index in [1.165, 1.54) is 0 Å². The minimum Gasteiger partial charge on any atom is -0.446 e. The number of rotatable bonds is 11. The molecule has 2 aromatic heterocycles. The lowest BCUT2D eigenvalue weighted by Crippen LogP contribution is -2.57. The Labute approximate surface area is 292 Å². The number of carbonyl (C=O) groups is 1. The summed E-state index contributed by atoms with van der Waals surface area (Å²) in [4.78, 5) is 26.2. The minimum atomic E-state index is -5.00. The highest BCUT2D eigenvalue weighted by molar-refractivity contribution is 5.69. The number of benzene rings is 1. The number of aromatic nitrogens is 4. The van der Waals surface area contributed by atoms with E-state index in [0.717, 1.165) is 30.5 Å². The third-order valence-electron chi connectivity index (χ3n) is 9.91. The molecule has 1 amide bonds. The van der Waals surface area contributed by atoms with E-state index in [0.29, 0.717) is 50.7 Å².